The second kappa shape index (κ2) is 7.12. The first-order chi connectivity index (χ1) is 8.72. The molecule has 106 valence electrons. The van der Waals surface area contributed by atoms with Gasteiger partial charge in [0.05, 0.1) is 6.54 Å². The van der Waals surface area contributed by atoms with Gasteiger partial charge in [0.1, 0.15) is 0 Å². The van der Waals surface area contributed by atoms with Crippen molar-refractivity contribution in [1.29, 1.82) is 0 Å². The largest absolute Gasteiger partial charge is 0.370 e. The zero-order valence-electron chi connectivity index (χ0n) is 11.8. The average molecular weight is 373 g/mol. The Morgan fingerprint density at radius 2 is 1.79 bits per heavy atom. The predicted octanol–water partition coefficient (Wildman–Crippen LogP) is 2.99. The van der Waals surface area contributed by atoms with E-state index in [1.807, 2.05) is 0 Å². The Morgan fingerprint density at radius 1 is 1.21 bits per heavy atom. The summed E-state index contributed by atoms with van der Waals surface area (Å²) in [4.78, 5) is 6.70. The molecule has 0 unspecified atom stereocenters. The van der Waals surface area contributed by atoms with Crippen molar-refractivity contribution in [1.82, 2.24) is 4.90 Å². The number of rotatable bonds is 5. The molecule has 0 spiro atoms. The Kier molecular flexibility index (Phi) is 6.10. The molecule has 2 N–H and O–H groups in total. The minimum Gasteiger partial charge on any atom is -0.370 e. The van der Waals surface area contributed by atoms with Crippen LogP contribution in [0, 0.1) is 0 Å². The maximum atomic E-state index is 6.03. The van der Waals surface area contributed by atoms with Crippen molar-refractivity contribution in [2.75, 3.05) is 19.6 Å². The zero-order valence-corrected chi connectivity index (χ0v) is 14.1. The van der Waals surface area contributed by atoms with Crippen molar-refractivity contribution in [3.63, 3.8) is 0 Å². The zero-order chi connectivity index (χ0) is 13.0. The van der Waals surface area contributed by atoms with Gasteiger partial charge in [0, 0.05) is 18.5 Å². The maximum absolute atomic E-state index is 6.03. The van der Waals surface area contributed by atoms with Crippen LogP contribution in [0.25, 0.3) is 0 Å². The maximum Gasteiger partial charge on any atom is 0.191 e. The third kappa shape index (κ3) is 3.84. The summed E-state index contributed by atoms with van der Waals surface area (Å²) in [5.74, 6) is 0.683. The molecule has 1 aromatic rings. The molecule has 0 saturated heterocycles. The Bertz CT molecular complexity index is 409. The molecule has 1 aliphatic rings. The topological polar surface area (TPSA) is 41.6 Å². The molecule has 0 amide bonds. The fourth-order valence-electron chi connectivity index (χ4n) is 2.36. The van der Waals surface area contributed by atoms with Gasteiger partial charge >= 0.3 is 0 Å². The quantitative estimate of drug-likeness (QED) is 0.490. The molecule has 19 heavy (non-hydrogen) atoms. The smallest absolute Gasteiger partial charge is 0.191 e. The Morgan fingerprint density at radius 3 is 2.26 bits per heavy atom. The van der Waals surface area contributed by atoms with Crippen molar-refractivity contribution in [2.24, 2.45) is 10.7 Å². The number of hydrogen-bond donors (Lipinski definition) is 1. The lowest BCUT2D eigenvalue weighted by Gasteiger charge is -2.21. The van der Waals surface area contributed by atoms with Crippen LogP contribution in [0.3, 0.4) is 0 Å². The number of nitrogens with zero attached hydrogens (tertiary/aromatic N) is 2. The summed E-state index contributed by atoms with van der Waals surface area (Å²) >= 11 is 0. The first kappa shape index (κ1) is 16.3. The molecule has 0 radical (unpaired) electrons. The second-order valence-corrected chi connectivity index (χ2v) is 4.99. The van der Waals surface area contributed by atoms with E-state index in [0.29, 0.717) is 5.96 Å². The van der Waals surface area contributed by atoms with Gasteiger partial charge in [-0.25, -0.2) is 0 Å². The predicted molar refractivity (Wildman–Crippen MR) is 92.2 cm³/mol. The van der Waals surface area contributed by atoms with Gasteiger partial charge in [0.2, 0.25) is 0 Å². The van der Waals surface area contributed by atoms with Crippen molar-refractivity contribution < 1.29 is 0 Å². The van der Waals surface area contributed by atoms with Crippen LogP contribution in [0.15, 0.2) is 35.3 Å². The molecule has 0 atom stereocenters. The van der Waals surface area contributed by atoms with E-state index in [1.54, 1.807) is 0 Å². The fourth-order valence-corrected chi connectivity index (χ4v) is 2.36. The third-order valence-corrected chi connectivity index (χ3v) is 3.87. The number of hydrogen-bond acceptors (Lipinski definition) is 1. The molecule has 0 aromatic heterocycles. The van der Waals surface area contributed by atoms with E-state index in [0.717, 1.165) is 19.6 Å². The lowest BCUT2D eigenvalue weighted by molar-refractivity contribution is 0.456. The van der Waals surface area contributed by atoms with E-state index in [1.165, 1.54) is 18.4 Å². The molecule has 4 heteroatoms. The summed E-state index contributed by atoms with van der Waals surface area (Å²) < 4.78 is 0. The molecular weight excluding hydrogens is 349 g/mol. The highest BCUT2D eigenvalue weighted by molar-refractivity contribution is 14.0. The summed E-state index contributed by atoms with van der Waals surface area (Å²) in [5, 5.41) is 0. The van der Waals surface area contributed by atoms with E-state index in [9.17, 15) is 0 Å². The molecule has 1 saturated carbocycles. The van der Waals surface area contributed by atoms with Crippen LogP contribution in [0.4, 0.5) is 0 Å². The van der Waals surface area contributed by atoms with Crippen LogP contribution in [-0.2, 0) is 5.41 Å². The van der Waals surface area contributed by atoms with Gasteiger partial charge in [0.15, 0.2) is 5.96 Å². The molecule has 0 aliphatic heterocycles. The summed E-state index contributed by atoms with van der Waals surface area (Å²) in [5.41, 5.74) is 7.69. The third-order valence-electron chi connectivity index (χ3n) is 3.87. The van der Waals surface area contributed by atoms with Crippen LogP contribution in [0.5, 0.6) is 0 Å². The summed E-state index contributed by atoms with van der Waals surface area (Å²) in [6.07, 6.45) is 2.46. The first-order valence-corrected chi connectivity index (χ1v) is 6.82. The summed E-state index contributed by atoms with van der Waals surface area (Å²) in [6, 6.07) is 10.7. The lowest BCUT2D eigenvalue weighted by Crippen LogP contribution is -2.37. The molecule has 1 aromatic carbocycles. The molecular formula is C15H24IN3. The Labute approximate surface area is 133 Å². The number of nitrogens with two attached hydrogens (primary N) is 1. The summed E-state index contributed by atoms with van der Waals surface area (Å²) in [6.45, 7) is 6.87. The van der Waals surface area contributed by atoms with Crippen molar-refractivity contribution in [3.05, 3.63) is 35.9 Å². The lowest BCUT2D eigenvalue weighted by atomic mass is 9.96. The van der Waals surface area contributed by atoms with Crippen LogP contribution in [-0.4, -0.2) is 30.5 Å². The Hall–Kier alpha value is -0.780. The van der Waals surface area contributed by atoms with Crippen molar-refractivity contribution in [3.8, 4) is 0 Å². The minimum atomic E-state index is 0. The van der Waals surface area contributed by atoms with Crippen LogP contribution in [0.2, 0.25) is 0 Å². The minimum absolute atomic E-state index is 0. The van der Waals surface area contributed by atoms with Gasteiger partial charge in [-0.15, -0.1) is 24.0 Å². The number of guanidine groups is 1. The van der Waals surface area contributed by atoms with Gasteiger partial charge in [-0.1, -0.05) is 30.3 Å². The van der Waals surface area contributed by atoms with E-state index >= 15 is 0 Å². The number of benzene rings is 1. The SMILES string of the molecule is CCN(CC)C(N)=NCC1(c2ccccc2)CC1.I. The van der Waals surface area contributed by atoms with Crippen LogP contribution < -0.4 is 5.73 Å². The Balaban J connectivity index is 0.00000180. The molecule has 3 nitrogen and oxygen atoms in total. The molecule has 0 heterocycles. The number of aliphatic imine (C=N–C) groups is 1. The molecule has 2 rings (SSSR count). The van der Waals surface area contributed by atoms with E-state index in [-0.39, 0.29) is 29.4 Å². The van der Waals surface area contributed by atoms with Crippen LogP contribution in [0.1, 0.15) is 32.3 Å². The summed E-state index contributed by atoms with van der Waals surface area (Å²) in [7, 11) is 0. The van der Waals surface area contributed by atoms with Gasteiger partial charge in [-0.2, -0.15) is 0 Å². The number of halogens is 1. The van der Waals surface area contributed by atoms with Crippen molar-refractivity contribution >= 4 is 29.9 Å². The highest BCUT2D eigenvalue weighted by Crippen LogP contribution is 2.48. The normalized spacial score (nSPS) is 16.6. The van der Waals surface area contributed by atoms with E-state index in [4.69, 9.17) is 5.73 Å². The highest BCUT2D eigenvalue weighted by Gasteiger charge is 2.43. The van der Waals surface area contributed by atoms with E-state index < -0.39 is 0 Å². The van der Waals surface area contributed by atoms with Crippen LogP contribution >= 0.6 is 24.0 Å². The van der Waals surface area contributed by atoms with E-state index in [2.05, 4.69) is 54.1 Å². The molecule has 1 fully saturated rings. The monoisotopic (exact) mass is 373 g/mol. The fraction of sp³-hybridized carbons (Fsp3) is 0.533. The standard InChI is InChI=1S/C15H23N3.HI/c1-3-18(4-2)14(16)17-12-15(10-11-15)13-8-6-5-7-9-13;/h5-9H,3-4,10-12H2,1-2H3,(H2,16,17);1H. The second-order valence-electron chi connectivity index (χ2n) is 4.99. The first-order valence-electron chi connectivity index (χ1n) is 6.82. The van der Waals surface area contributed by atoms with Gasteiger partial charge in [0.25, 0.3) is 0 Å². The van der Waals surface area contributed by atoms with Gasteiger partial charge in [-0.3, -0.25) is 4.99 Å². The molecule has 1 aliphatic carbocycles. The highest BCUT2D eigenvalue weighted by atomic mass is 127. The molecule has 0 bridgehead atoms. The van der Waals surface area contributed by atoms with Crippen molar-refractivity contribution in [2.45, 2.75) is 32.1 Å². The average Bonchev–Trinajstić information content (AvgIpc) is 3.20. The van der Waals surface area contributed by atoms with Gasteiger partial charge in [-0.05, 0) is 32.3 Å². The van der Waals surface area contributed by atoms with Gasteiger partial charge < -0.3 is 10.6 Å².